The second-order valence-electron chi connectivity index (χ2n) is 10.5. The standard InChI is InChI=1S/C32H38ClN3O6S/c1-23(32(38)34-26-10-6-4-7-11-26)35(21-24-14-16-25(33)17-15-24)31(37)22-36(43(39,40)28-12-8-5-9-13-28)27-18-19-29(41-2)30(20-27)42-3/h5,8-9,12-20,23,26H,4,6-7,10-11,21-22H2,1-3H3,(H,34,38)/t23-/m1/s1. The fourth-order valence-electron chi connectivity index (χ4n) is 5.17. The molecule has 11 heteroatoms. The normalized spacial score (nSPS) is 14.4. The Bertz CT molecular complexity index is 1500. The highest BCUT2D eigenvalue weighted by Crippen LogP contribution is 2.34. The van der Waals surface area contributed by atoms with E-state index < -0.39 is 28.5 Å². The van der Waals surface area contributed by atoms with E-state index >= 15 is 0 Å². The van der Waals surface area contributed by atoms with Crippen LogP contribution < -0.4 is 19.1 Å². The lowest BCUT2D eigenvalue weighted by Crippen LogP contribution is -2.53. The van der Waals surface area contributed by atoms with Gasteiger partial charge >= 0.3 is 0 Å². The highest BCUT2D eigenvalue weighted by atomic mass is 35.5. The van der Waals surface area contributed by atoms with Crippen molar-refractivity contribution in [3.05, 3.63) is 83.4 Å². The van der Waals surface area contributed by atoms with Crippen LogP contribution in [0.2, 0.25) is 5.02 Å². The first-order valence-corrected chi connectivity index (χ1v) is 16.1. The second kappa shape index (κ2) is 14.6. The third-order valence-electron chi connectivity index (χ3n) is 7.65. The van der Waals surface area contributed by atoms with Crippen LogP contribution in [0.25, 0.3) is 0 Å². The predicted octanol–water partition coefficient (Wildman–Crippen LogP) is 5.42. The van der Waals surface area contributed by atoms with E-state index in [9.17, 15) is 18.0 Å². The maximum absolute atomic E-state index is 14.1. The number of rotatable bonds is 12. The number of anilines is 1. The first-order chi connectivity index (χ1) is 20.6. The van der Waals surface area contributed by atoms with E-state index in [0.29, 0.717) is 16.5 Å². The topological polar surface area (TPSA) is 105 Å². The number of amides is 2. The van der Waals surface area contributed by atoms with Crippen LogP contribution in [0.1, 0.15) is 44.6 Å². The lowest BCUT2D eigenvalue weighted by atomic mass is 9.95. The van der Waals surface area contributed by atoms with Crippen LogP contribution in [0.5, 0.6) is 11.5 Å². The molecule has 1 atom stereocenters. The second-order valence-corrected chi connectivity index (χ2v) is 12.8. The van der Waals surface area contributed by atoms with Gasteiger partial charge in [0, 0.05) is 23.7 Å². The lowest BCUT2D eigenvalue weighted by Gasteiger charge is -2.33. The molecule has 3 aromatic carbocycles. The molecule has 0 unspecified atom stereocenters. The molecule has 0 heterocycles. The Balaban J connectivity index is 1.70. The van der Waals surface area contributed by atoms with Crippen LogP contribution in [-0.4, -0.2) is 58.0 Å². The van der Waals surface area contributed by atoms with Gasteiger partial charge in [-0.3, -0.25) is 13.9 Å². The van der Waals surface area contributed by atoms with Gasteiger partial charge in [0.15, 0.2) is 11.5 Å². The zero-order chi connectivity index (χ0) is 31.0. The molecule has 1 N–H and O–H groups in total. The average Bonchev–Trinajstić information content (AvgIpc) is 3.03. The number of carbonyl (C=O) groups is 2. The molecule has 1 aliphatic rings. The highest BCUT2D eigenvalue weighted by Gasteiger charge is 2.33. The van der Waals surface area contributed by atoms with E-state index in [0.717, 1.165) is 42.0 Å². The Labute approximate surface area is 258 Å². The van der Waals surface area contributed by atoms with Crippen LogP contribution in [0.3, 0.4) is 0 Å². The third kappa shape index (κ3) is 8.00. The largest absolute Gasteiger partial charge is 0.493 e. The van der Waals surface area contributed by atoms with E-state index in [1.807, 2.05) is 0 Å². The minimum atomic E-state index is -4.20. The Morgan fingerprint density at radius 3 is 2.21 bits per heavy atom. The van der Waals surface area contributed by atoms with Gasteiger partial charge in [0.25, 0.3) is 10.0 Å². The van der Waals surface area contributed by atoms with Gasteiger partial charge in [0.2, 0.25) is 11.8 Å². The van der Waals surface area contributed by atoms with Gasteiger partial charge in [-0.2, -0.15) is 0 Å². The monoisotopic (exact) mass is 627 g/mol. The first kappa shape index (κ1) is 32.2. The summed E-state index contributed by atoms with van der Waals surface area (Å²) in [6, 6.07) is 18.7. The Hall–Kier alpha value is -3.76. The summed E-state index contributed by atoms with van der Waals surface area (Å²) >= 11 is 6.09. The van der Waals surface area contributed by atoms with Crippen LogP contribution in [0.4, 0.5) is 5.69 Å². The summed E-state index contributed by atoms with van der Waals surface area (Å²) in [5.41, 5.74) is 0.958. The van der Waals surface area contributed by atoms with E-state index in [4.69, 9.17) is 21.1 Å². The van der Waals surface area contributed by atoms with Crippen LogP contribution in [0.15, 0.2) is 77.7 Å². The molecule has 0 spiro atoms. The highest BCUT2D eigenvalue weighted by molar-refractivity contribution is 7.92. The summed E-state index contributed by atoms with van der Waals surface area (Å²) in [5.74, 6) is -0.112. The number of hydrogen-bond acceptors (Lipinski definition) is 6. The molecule has 0 bridgehead atoms. The molecule has 0 saturated heterocycles. The predicted molar refractivity (Wildman–Crippen MR) is 167 cm³/mol. The van der Waals surface area contributed by atoms with Crippen LogP contribution in [-0.2, 0) is 26.2 Å². The molecular weight excluding hydrogens is 590 g/mol. The molecule has 3 aromatic rings. The van der Waals surface area contributed by atoms with Crippen molar-refractivity contribution in [1.82, 2.24) is 10.2 Å². The van der Waals surface area contributed by atoms with Crippen LogP contribution >= 0.6 is 11.6 Å². The quantitative estimate of drug-likeness (QED) is 0.288. The summed E-state index contributed by atoms with van der Waals surface area (Å²) in [6.45, 7) is 1.19. The number of halogens is 1. The molecule has 0 aromatic heterocycles. The molecule has 4 rings (SSSR count). The molecule has 43 heavy (non-hydrogen) atoms. The van der Waals surface area contributed by atoms with Gasteiger partial charge in [-0.05, 0) is 61.7 Å². The number of ether oxygens (including phenoxy) is 2. The number of hydrogen-bond donors (Lipinski definition) is 1. The summed E-state index contributed by atoms with van der Waals surface area (Å²) in [5, 5.41) is 3.64. The molecule has 2 amide bonds. The molecule has 1 fully saturated rings. The summed E-state index contributed by atoms with van der Waals surface area (Å²) in [6.07, 6.45) is 5.03. The number of benzene rings is 3. The fraction of sp³-hybridized carbons (Fsp3) is 0.375. The summed E-state index contributed by atoms with van der Waals surface area (Å²) in [4.78, 5) is 29.0. The summed E-state index contributed by atoms with van der Waals surface area (Å²) in [7, 11) is -1.28. The van der Waals surface area contributed by atoms with Crippen molar-refractivity contribution in [3.63, 3.8) is 0 Å². The lowest BCUT2D eigenvalue weighted by molar-refractivity contribution is -0.139. The number of nitrogens with one attached hydrogen (secondary N) is 1. The molecule has 0 radical (unpaired) electrons. The maximum Gasteiger partial charge on any atom is 0.264 e. The Kier molecular flexibility index (Phi) is 10.9. The zero-order valence-corrected chi connectivity index (χ0v) is 26.2. The number of sulfonamides is 1. The van der Waals surface area contributed by atoms with Gasteiger partial charge < -0.3 is 19.7 Å². The minimum Gasteiger partial charge on any atom is -0.493 e. The molecule has 9 nitrogen and oxygen atoms in total. The number of carbonyl (C=O) groups excluding carboxylic acids is 2. The fourth-order valence-corrected chi connectivity index (χ4v) is 6.72. The third-order valence-corrected chi connectivity index (χ3v) is 9.69. The zero-order valence-electron chi connectivity index (χ0n) is 24.7. The van der Waals surface area contributed by atoms with Crippen LogP contribution in [0, 0.1) is 0 Å². The van der Waals surface area contributed by atoms with E-state index in [2.05, 4.69) is 5.32 Å². The van der Waals surface area contributed by atoms with Gasteiger partial charge in [0.05, 0.1) is 24.8 Å². The molecule has 1 aliphatic carbocycles. The van der Waals surface area contributed by atoms with Crippen molar-refractivity contribution in [3.8, 4) is 11.5 Å². The Morgan fingerprint density at radius 2 is 1.58 bits per heavy atom. The Morgan fingerprint density at radius 1 is 0.930 bits per heavy atom. The molecule has 1 saturated carbocycles. The van der Waals surface area contributed by atoms with Crippen molar-refractivity contribution in [2.24, 2.45) is 0 Å². The number of methoxy groups -OCH3 is 2. The molecule has 0 aliphatic heterocycles. The SMILES string of the molecule is COc1ccc(N(CC(=O)N(Cc2ccc(Cl)cc2)[C@H](C)C(=O)NC2CCCCC2)S(=O)(=O)c2ccccc2)cc1OC. The van der Waals surface area contributed by atoms with Gasteiger partial charge in [0.1, 0.15) is 12.6 Å². The average molecular weight is 628 g/mol. The van der Waals surface area contributed by atoms with E-state index in [1.54, 1.807) is 61.5 Å². The van der Waals surface area contributed by atoms with Crippen molar-refractivity contribution in [2.75, 3.05) is 25.1 Å². The number of nitrogens with zero attached hydrogens (tertiary/aromatic N) is 2. The maximum atomic E-state index is 14.1. The van der Waals surface area contributed by atoms with E-state index in [-0.39, 0.29) is 29.1 Å². The van der Waals surface area contributed by atoms with Gasteiger partial charge in [-0.1, -0.05) is 61.2 Å². The van der Waals surface area contributed by atoms with Crippen molar-refractivity contribution in [1.29, 1.82) is 0 Å². The van der Waals surface area contributed by atoms with E-state index in [1.165, 1.54) is 37.3 Å². The smallest absolute Gasteiger partial charge is 0.264 e. The molecule has 230 valence electrons. The van der Waals surface area contributed by atoms with Crippen molar-refractivity contribution in [2.45, 2.75) is 62.6 Å². The van der Waals surface area contributed by atoms with Crippen molar-refractivity contribution < 1.29 is 27.5 Å². The van der Waals surface area contributed by atoms with Crippen molar-refractivity contribution >= 4 is 39.1 Å². The molecular formula is C32H38ClN3O6S. The van der Waals surface area contributed by atoms with Gasteiger partial charge in [-0.15, -0.1) is 0 Å². The summed E-state index contributed by atoms with van der Waals surface area (Å²) < 4.78 is 39.8. The first-order valence-electron chi connectivity index (χ1n) is 14.3. The van der Waals surface area contributed by atoms with Gasteiger partial charge in [-0.25, -0.2) is 8.42 Å². The minimum absolute atomic E-state index is 0.0185.